The summed E-state index contributed by atoms with van der Waals surface area (Å²) < 4.78 is 38.8. The van der Waals surface area contributed by atoms with Crippen molar-refractivity contribution in [2.24, 2.45) is 11.8 Å². The number of carbonyl (C=O) groups excluding carboxylic acids is 3. The molecule has 3 saturated heterocycles. The highest BCUT2D eigenvalue weighted by atomic mass is 19.4. The Balaban J connectivity index is 1.30. The molecule has 4 rings (SSSR count). The van der Waals surface area contributed by atoms with Crippen LogP contribution in [-0.4, -0.2) is 65.1 Å². The third-order valence-corrected chi connectivity index (χ3v) is 6.77. The van der Waals surface area contributed by atoms with Gasteiger partial charge in [-0.3, -0.25) is 14.4 Å². The van der Waals surface area contributed by atoms with Gasteiger partial charge in [-0.15, -0.1) is 0 Å². The first kappa shape index (κ1) is 22.6. The number of benzene rings is 1. The Morgan fingerprint density at radius 2 is 1.56 bits per heavy atom. The Hall–Kier alpha value is -2.58. The minimum Gasteiger partial charge on any atom is -0.342 e. The molecule has 0 radical (unpaired) electrons. The maximum atomic E-state index is 13.0. The summed E-state index contributed by atoms with van der Waals surface area (Å²) in [6.45, 7) is 2.91. The van der Waals surface area contributed by atoms with Crippen LogP contribution in [0.3, 0.4) is 0 Å². The molecular formula is C23H28F3N3O3. The maximum absolute atomic E-state index is 13.0. The molecule has 0 saturated carbocycles. The zero-order valence-electron chi connectivity index (χ0n) is 17.9. The normalized spacial score (nSPS) is 22.7. The second kappa shape index (κ2) is 9.11. The van der Waals surface area contributed by atoms with Gasteiger partial charge in [-0.25, -0.2) is 0 Å². The van der Waals surface area contributed by atoms with Gasteiger partial charge in [-0.2, -0.15) is 13.2 Å². The highest BCUT2D eigenvalue weighted by molar-refractivity contribution is 5.89. The first-order valence-electron chi connectivity index (χ1n) is 11.2. The Kier molecular flexibility index (Phi) is 6.44. The van der Waals surface area contributed by atoms with Crippen LogP contribution in [0.25, 0.3) is 0 Å². The lowest BCUT2D eigenvalue weighted by Crippen LogP contribution is -2.46. The maximum Gasteiger partial charge on any atom is 0.416 e. The number of amides is 3. The Morgan fingerprint density at radius 3 is 2.22 bits per heavy atom. The van der Waals surface area contributed by atoms with Crippen LogP contribution >= 0.6 is 0 Å². The van der Waals surface area contributed by atoms with E-state index in [2.05, 4.69) is 0 Å². The standard InChI is InChI=1S/C23H28F3N3O3/c24-23(25,26)19-5-3-4-16(12-19)14-29-15-18(13-20(29)30)22(32)28-10-6-17(7-11-28)21(31)27-8-1-2-9-27/h3-5,12,17-18H,1-2,6-11,13-15H2. The monoisotopic (exact) mass is 451 g/mol. The molecule has 0 N–H and O–H groups in total. The van der Waals surface area contributed by atoms with Crippen LogP contribution in [0.4, 0.5) is 13.2 Å². The summed E-state index contributed by atoms with van der Waals surface area (Å²) in [6.07, 6.45) is -0.993. The summed E-state index contributed by atoms with van der Waals surface area (Å²) in [6, 6.07) is 4.93. The van der Waals surface area contributed by atoms with Crippen molar-refractivity contribution < 1.29 is 27.6 Å². The predicted molar refractivity (Wildman–Crippen MR) is 110 cm³/mol. The number of piperidine rings is 1. The summed E-state index contributed by atoms with van der Waals surface area (Å²) in [5.74, 6) is -0.659. The molecule has 0 spiro atoms. The van der Waals surface area contributed by atoms with Crippen molar-refractivity contribution in [3.05, 3.63) is 35.4 Å². The van der Waals surface area contributed by atoms with E-state index in [9.17, 15) is 27.6 Å². The molecule has 0 bridgehead atoms. The van der Waals surface area contributed by atoms with Crippen LogP contribution < -0.4 is 0 Å². The summed E-state index contributed by atoms with van der Waals surface area (Å²) in [5, 5.41) is 0. The largest absolute Gasteiger partial charge is 0.416 e. The number of rotatable bonds is 4. The molecule has 3 fully saturated rings. The van der Waals surface area contributed by atoms with Crippen molar-refractivity contribution >= 4 is 17.7 Å². The van der Waals surface area contributed by atoms with Crippen molar-refractivity contribution in [3.8, 4) is 0 Å². The van der Waals surface area contributed by atoms with E-state index >= 15 is 0 Å². The fourth-order valence-corrected chi connectivity index (χ4v) is 4.96. The van der Waals surface area contributed by atoms with Crippen LogP contribution in [0.1, 0.15) is 43.2 Å². The second-order valence-electron chi connectivity index (χ2n) is 9.01. The van der Waals surface area contributed by atoms with Crippen LogP contribution in [0.2, 0.25) is 0 Å². The number of nitrogens with zero attached hydrogens (tertiary/aromatic N) is 3. The van der Waals surface area contributed by atoms with Gasteiger partial charge in [-0.1, -0.05) is 12.1 Å². The van der Waals surface area contributed by atoms with Crippen LogP contribution in [0.15, 0.2) is 24.3 Å². The fourth-order valence-electron chi connectivity index (χ4n) is 4.96. The summed E-state index contributed by atoms with van der Waals surface area (Å²) >= 11 is 0. The van der Waals surface area contributed by atoms with E-state index < -0.39 is 17.7 Å². The lowest BCUT2D eigenvalue weighted by Gasteiger charge is -2.34. The average molecular weight is 451 g/mol. The Bertz CT molecular complexity index is 875. The molecule has 1 atom stereocenters. The quantitative estimate of drug-likeness (QED) is 0.707. The number of carbonyl (C=O) groups is 3. The molecule has 1 unspecified atom stereocenters. The molecular weight excluding hydrogens is 423 g/mol. The SMILES string of the molecule is O=C1CC(C(=O)N2CCC(C(=O)N3CCCC3)CC2)CN1Cc1cccc(C(F)(F)F)c1. The number of hydrogen-bond donors (Lipinski definition) is 0. The van der Waals surface area contributed by atoms with Gasteiger partial charge in [0.1, 0.15) is 0 Å². The van der Waals surface area contributed by atoms with E-state index in [1.807, 2.05) is 4.90 Å². The highest BCUT2D eigenvalue weighted by Gasteiger charge is 2.39. The molecule has 1 aromatic rings. The van der Waals surface area contributed by atoms with Gasteiger partial charge in [0.15, 0.2) is 0 Å². The van der Waals surface area contributed by atoms with E-state index in [0.29, 0.717) is 31.5 Å². The molecule has 3 aliphatic rings. The molecule has 0 aromatic heterocycles. The molecule has 3 heterocycles. The van der Waals surface area contributed by atoms with E-state index in [4.69, 9.17) is 0 Å². The van der Waals surface area contributed by atoms with E-state index in [-0.39, 0.29) is 43.1 Å². The lowest BCUT2D eigenvalue weighted by atomic mass is 9.94. The second-order valence-corrected chi connectivity index (χ2v) is 9.01. The zero-order valence-corrected chi connectivity index (χ0v) is 17.9. The topological polar surface area (TPSA) is 60.9 Å². The number of likely N-dealkylation sites (tertiary alicyclic amines) is 3. The summed E-state index contributed by atoms with van der Waals surface area (Å²) in [5.41, 5.74) is -0.358. The van der Waals surface area contributed by atoms with E-state index in [1.54, 1.807) is 11.0 Å². The zero-order chi connectivity index (χ0) is 22.9. The molecule has 3 amide bonds. The smallest absolute Gasteiger partial charge is 0.342 e. The van der Waals surface area contributed by atoms with E-state index in [0.717, 1.165) is 38.1 Å². The van der Waals surface area contributed by atoms with Crippen LogP contribution in [-0.2, 0) is 27.1 Å². The molecule has 174 valence electrons. The van der Waals surface area contributed by atoms with Crippen LogP contribution in [0.5, 0.6) is 0 Å². The lowest BCUT2D eigenvalue weighted by molar-refractivity contribution is -0.142. The van der Waals surface area contributed by atoms with Crippen molar-refractivity contribution in [3.63, 3.8) is 0 Å². The Morgan fingerprint density at radius 1 is 0.938 bits per heavy atom. The summed E-state index contributed by atoms with van der Waals surface area (Å²) in [4.78, 5) is 43.1. The molecule has 9 heteroatoms. The minimum absolute atomic E-state index is 0.0419. The van der Waals surface area contributed by atoms with Crippen molar-refractivity contribution in [1.82, 2.24) is 14.7 Å². The van der Waals surface area contributed by atoms with E-state index in [1.165, 1.54) is 11.0 Å². The van der Waals surface area contributed by atoms with Crippen molar-refractivity contribution in [2.45, 2.75) is 44.8 Å². The van der Waals surface area contributed by atoms with Gasteiger partial charge < -0.3 is 14.7 Å². The first-order valence-corrected chi connectivity index (χ1v) is 11.2. The van der Waals surface area contributed by atoms with Gasteiger partial charge >= 0.3 is 6.18 Å². The highest BCUT2D eigenvalue weighted by Crippen LogP contribution is 2.31. The van der Waals surface area contributed by atoms with Crippen LogP contribution in [0, 0.1) is 11.8 Å². The van der Waals surface area contributed by atoms with Gasteiger partial charge in [0.25, 0.3) is 0 Å². The Labute approximate surface area is 185 Å². The number of halogens is 3. The van der Waals surface area contributed by atoms with Gasteiger partial charge in [-0.05, 0) is 43.4 Å². The van der Waals surface area contributed by atoms with Gasteiger partial charge in [0.05, 0.1) is 11.5 Å². The number of hydrogen-bond acceptors (Lipinski definition) is 3. The predicted octanol–water partition coefficient (Wildman–Crippen LogP) is 2.91. The number of alkyl halides is 3. The molecule has 3 aliphatic heterocycles. The summed E-state index contributed by atoms with van der Waals surface area (Å²) in [7, 11) is 0. The van der Waals surface area contributed by atoms with Crippen molar-refractivity contribution in [2.75, 3.05) is 32.7 Å². The minimum atomic E-state index is -4.44. The van der Waals surface area contributed by atoms with Gasteiger partial charge in [0, 0.05) is 51.6 Å². The molecule has 0 aliphatic carbocycles. The van der Waals surface area contributed by atoms with Gasteiger partial charge in [0.2, 0.25) is 17.7 Å². The molecule has 32 heavy (non-hydrogen) atoms. The molecule has 6 nitrogen and oxygen atoms in total. The third-order valence-electron chi connectivity index (χ3n) is 6.77. The third kappa shape index (κ3) is 4.91. The first-order chi connectivity index (χ1) is 15.2. The van der Waals surface area contributed by atoms with Crippen molar-refractivity contribution in [1.29, 1.82) is 0 Å². The molecule has 1 aromatic carbocycles. The average Bonchev–Trinajstić information content (AvgIpc) is 3.43. The fraction of sp³-hybridized carbons (Fsp3) is 0.609.